The van der Waals surface area contributed by atoms with Crippen LogP contribution in [0.2, 0.25) is 0 Å². The molecule has 0 aromatic heterocycles. The summed E-state index contributed by atoms with van der Waals surface area (Å²) < 4.78 is 0. The summed E-state index contributed by atoms with van der Waals surface area (Å²) in [6, 6.07) is 0.445. The Bertz CT molecular complexity index is 226. The molecule has 3 atom stereocenters. The third kappa shape index (κ3) is 3.57. The topological polar surface area (TPSA) is 26.0 Å². The lowest BCUT2D eigenvalue weighted by atomic mass is 9.77. The molecule has 1 aliphatic heterocycles. The Morgan fingerprint density at radius 1 is 1.12 bits per heavy atom. The van der Waals surface area contributed by atoms with Gasteiger partial charge in [0.15, 0.2) is 0 Å². The van der Waals surface area contributed by atoms with Gasteiger partial charge in [-0.2, -0.15) is 23.5 Å². The fourth-order valence-corrected chi connectivity index (χ4v) is 6.29. The van der Waals surface area contributed by atoms with Gasteiger partial charge in [0, 0.05) is 28.0 Å². The number of thioether (sulfide) groups is 2. The molecule has 3 heteroatoms. The van der Waals surface area contributed by atoms with E-state index in [1.165, 1.54) is 43.6 Å². The lowest BCUT2D eigenvalue weighted by Crippen LogP contribution is -2.46. The molecule has 2 aliphatic rings. The minimum Gasteiger partial charge on any atom is -0.326 e. The van der Waals surface area contributed by atoms with E-state index >= 15 is 0 Å². The molecule has 17 heavy (non-hydrogen) atoms. The second-order valence-electron chi connectivity index (χ2n) is 5.68. The molecular formula is C14H27NS2. The molecule has 2 N–H and O–H groups in total. The van der Waals surface area contributed by atoms with Crippen LogP contribution in [0, 0.1) is 11.8 Å². The summed E-state index contributed by atoms with van der Waals surface area (Å²) in [5.74, 6) is 4.41. The molecule has 100 valence electrons. The van der Waals surface area contributed by atoms with E-state index in [9.17, 15) is 0 Å². The lowest BCUT2D eigenvalue weighted by Gasteiger charge is -2.39. The van der Waals surface area contributed by atoms with Crippen molar-refractivity contribution in [3.8, 4) is 0 Å². The van der Waals surface area contributed by atoms with Crippen molar-refractivity contribution in [1.82, 2.24) is 0 Å². The van der Waals surface area contributed by atoms with Crippen LogP contribution in [0.15, 0.2) is 0 Å². The maximum atomic E-state index is 6.57. The van der Waals surface area contributed by atoms with Crippen molar-refractivity contribution in [1.29, 1.82) is 0 Å². The van der Waals surface area contributed by atoms with Crippen molar-refractivity contribution in [3.05, 3.63) is 0 Å². The first-order valence-electron chi connectivity index (χ1n) is 7.21. The third-order valence-corrected chi connectivity index (χ3v) is 7.87. The highest BCUT2D eigenvalue weighted by Gasteiger charge is 2.34. The monoisotopic (exact) mass is 273 g/mol. The molecular weight excluding hydrogens is 246 g/mol. The first-order valence-corrected chi connectivity index (χ1v) is 9.31. The molecule has 0 spiro atoms. The zero-order valence-electron chi connectivity index (χ0n) is 11.2. The molecule has 2 fully saturated rings. The Hall–Kier alpha value is 0.660. The summed E-state index contributed by atoms with van der Waals surface area (Å²) in [7, 11) is 0. The first kappa shape index (κ1) is 14.1. The van der Waals surface area contributed by atoms with Gasteiger partial charge >= 0.3 is 0 Å². The Balaban J connectivity index is 1.85. The van der Waals surface area contributed by atoms with Crippen LogP contribution in [-0.2, 0) is 0 Å². The predicted molar refractivity (Wildman–Crippen MR) is 81.9 cm³/mol. The van der Waals surface area contributed by atoms with Gasteiger partial charge in [-0.15, -0.1) is 0 Å². The van der Waals surface area contributed by atoms with Crippen LogP contribution >= 0.6 is 23.5 Å². The SMILES string of the molecule is CCC1CCC(C(N)C2SCCSC2C)CC1. The lowest BCUT2D eigenvalue weighted by molar-refractivity contribution is 0.236. The van der Waals surface area contributed by atoms with E-state index in [-0.39, 0.29) is 0 Å². The zero-order chi connectivity index (χ0) is 12.3. The van der Waals surface area contributed by atoms with E-state index in [0.29, 0.717) is 11.3 Å². The van der Waals surface area contributed by atoms with E-state index in [0.717, 1.165) is 17.1 Å². The second kappa shape index (κ2) is 6.72. The van der Waals surface area contributed by atoms with Gasteiger partial charge in [0.2, 0.25) is 0 Å². The number of hydrogen-bond acceptors (Lipinski definition) is 3. The number of nitrogens with two attached hydrogens (primary N) is 1. The highest BCUT2D eigenvalue weighted by atomic mass is 32.2. The molecule has 0 radical (unpaired) electrons. The maximum Gasteiger partial charge on any atom is 0.0318 e. The Labute approximate surface area is 115 Å². The molecule has 0 amide bonds. The van der Waals surface area contributed by atoms with Crippen LogP contribution in [0.4, 0.5) is 0 Å². The van der Waals surface area contributed by atoms with E-state index in [1.807, 2.05) is 0 Å². The molecule has 0 aromatic carbocycles. The van der Waals surface area contributed by atoms with E-state index < -0.39 is 0 Å². The molecule has 1 saturated heterocycles. The summed E-state index contributed by atoms with van der Waals surface area (Å²) in [6.45, 7) is 4.71. The van der Waals surface area contributed by atoms with Gasteiger partial charge in [-0.3, -0.25) is 0 Å². The van der Waals surface area contributed by atoms with Crippen molar-refractivity contribution >= 4 is 23.5 Å². The van der Waals surface area contributed by atoms with Crippen LogP contribution in [0.5, 0.6) is 0 Å². The fraction of sp³-hybridized carbons (Fsp3) is 1.00. The number of rotatable bonds is 3. The highest BCUT2D eigenvalue weighted by molar-refractivity contribution is 8.07. The predicted octanol–water partition coefficient (Wildman–Crippen LogP) is 3.77. The quantitative estimate of drug-likeness (QED) is 0.848. The van der Waals surface area contributed by atoms with Crippen molar-refractivity contribution in [3.63, 3.8) is 0 Å². The van der Waals surface area contributed by atoms with Crippen molar-refractivity contribution in [2.45, 2.75) is 62.5 Å². The number of hydrogen-bond donors (Lipinski definition) is 1. The molecule has 0 aromatic rings. The zero-order valence-corrected chi connectivity index (χ0v) is 12.9. The molecule has 1 nitrogen and oxygen atoms in total. The van der Waals surface area contributed by atoms with Crippen LogP contribution in [0.1, 0.15) is 46.0 Å². The van der Waals surface area contributed by atoms with Crippen LogP contribution in [0.25, 0.3) is 0 Å². The van der Waals surface area contributed by atoms with E-state index in [2.05, 4.69) is 37.4 Å². The molecule has 1 saturated carbocycles. The standard InChI is InChI=1S/C14H27NS2/c1-3-11-4-6-12(7-5-11)13(15)14-10(2)16-8-9-17-14/h10-14H,3-9,15H2,1-2H3. The van der Waals surface area contributed by atoms with Gasteiger partial charge in [-0.05, 0) is 24.7 Å². The largest absolute Gasteiger partial charge is 0.326 e. The van der Waals surface area contributed by atoms with E-state index in [4.69, 9.17) is 5.73 Å². The normalized spacial score (nSPS) is 41.1. The van der Waals surface area contributed by atoms with E-state index in [1.54, 1.807) is 0 Å². The van der Waals surface area contributed by atoms with Gasteiger partial charge in [-0.25, -0.2) is 0 Å². The second-order valence-corrected chi connectivity index (χ2v) is 8.45. The summed E-state index contributed by atoms with van der Waals surface area (Å²) in [5.41, 5.74) is 6.57. The van der Waals surface area contributed by atoms with Crippen LogP contribution < -0.4 is 5.73 Å². The minimum absolute atomic E-state index is 0.445. The smallest absolute Gasteiger partial charge is 0.0318 e. The highest BCUT2D eigenvalue weighted by Crippen LogP contribution is 2.39. The van der Waals surface area contributed by atoms with Crippen molar-refractivity contribution in [2.24, 2.45) is 17.6 Å². The van der Waals surface area contributed by atoms with Gasteiger partial charge < -0.3 is 5.73 Å². The minimum atomic E-state index is 0.445. The average Bonchev–Trinajstić information content (AvgIpc) is 2.39. The molecule has 1 aliphatic carbocycles. The fourth-order valence-electron chi connectivity index (χ4n) is 3.32. The summed E-state index contributed by atoms with van der Waals surface area (Å²) in [6.07, 6.45) is 6.98. The molecule has 2 rings (SSSR count). The molecule has 3 unspecified atom stereocenters. The van der Waals surface area contributed by atoms with Gasteiger partial charge in [0.25, 0.3) is 0 Å². The van der Waals surface area contributed by atoms with Crippen molar-refractivity contribution in [2.75, 3.05) is 11.5 Å². The third-order valence-electron chi connectivity index (χ3n) is 4.63. The van der Waals surface area contributed by atoms with Gasteiger partial charge in [0.05, 0.1) is 0 Å². The average molecular weight is 274 g/mol. The van der Waals surface area contributed by atoms with Crippen LogP contribution in [-0.4, -0.2) is 28.0 Å². The Kier molecular flexibility index (Phi) is 5.56. The Morgan fingerprint density at radius 2 is 1.76 bits per heavy atom. The first-order chi connectivity index (χ1) is 8.22. The van der Waals surface area contributed by atoms with Crippen molar-refractivity contribution < 1.29 is 0 Å². The maximum absolute atomic E-state index is 6.57. The van der Waals surface area contributed by atoms with Gasteiger partial charge in [-0.1, -0.05) is 33.1 Å². The summed E-state index contributed by atoms with van der Waals surface area (Å²) in [4.78, 5) is 0. The molecule has 0 bridgehead atoms. The summed E-state index contributed by atoms with van der Waals surface area (Å²) in [5, 5.41) is 1.46. The Morgan fingerprint density at radius 3 is 2.35 bits per heavy atom. The summed E-state index contributed by atoms with van der Waals surface area (Å²) >= 11 is 4.26. The van der Waals surface area contributed by atoms with Gasteiger partial charge in [0.1, 0.15) is 0 Å². The molecule has 1 heterocycles. The van der Waals surface area contributed by atoms with Crippen LogP contribution in [0.3, 0.4) is 0 Å².